The van der Waals surface area contributed by atoms with Crippen molar-refractivity contribution in [3.63, 3.8) is 0 Å². The van der Waals surface area contributed by atoms with Crippen molar-refractivity contribution in [1.82, 2.24) is 0 Å². The SMILES string of the molecule is CCCCCCCCCCCCC[C@@H]1C[C@@H](CC(=O)CCc2ccc(O[Si](C)(C)C(C)(C)C)cc2)OC(C)(C)O1. The van der Waals surface area contributed by atoms with Crippen molar-refractivity contribution < 1.29 is 18.7 Å². The Labute approximate surface area is 248 Å². The number of ketones is 1. The minimum absolute atomic E-state index is 0.0469. The molecule has 0 saturated carbocycles. The molecule has 0 radical (unpaired) electrons. The van der Waals surface area contributed by atoms with Crippen LogP contribution in [0.5, 0.6) is 5.75 Å². The van der Waals surface area contributed by atoms with Crippen LogP contribution in [0.3, 0.4) is 0 Å². The number of aryl methyl sites for hydroxylation is 1. The third-order valence-corrected chi connectivity index (χ3v) is 13.2. The number of carbonyl (C=O) groups is 1. The standard InChI is InChI=1S/C35H62O4Si/c1-9-10-11-12-13-14-15-16-17-18-19-20-32-28-33(38-35(5,6)37-32)27-30(36)24-21-29-22-25-31(26-23-29)39-40(7,8)34(2,3)4/h22-23,25-26,32-33H,9-21,24,27-28H2,1-8H3/t32-,33-/m1/s1. The fourth-order valence-corrected chi connectivity index (χ4v) is 6.40. The molecule has 4 nitrogen and oxygen atoms in total. The van der Waals surface area contributed by atoms with Crippen molar-refractivity contribution in [3.05, 3.63) is 29.8 Å². The van der Waals surface area contributed by atoms with Crippen LogP contribution in [0.15, 0.2) is 24.3 Å². The van der Waals surface area contributed by atoms with Gasteiger partial charge in [-0.05, 0) is 62.5 Å². The van der Waals surface area contributed by atoms with Crippen LogP contribution in [-0.4, -0.2) is 32.1 Å². The average molecular weight is 575 g/mol. The summed E-state index contributed by atoms with van der Waals surface area (Å²) < 4.78 is 18.8. The molecule has 230 valence electrons. The molecule has 1 fully saturated rings. The smallest absolute Gasteiger partial charge is 0.250 e. The molecule has 0 aromatic heterocycles. The summed E-state index contributed by atoms with van der Waals surface area (Å²) in [5, 5.41) is 0.171. The Hall–Kier alpha value is -1.17. The maximum absolute atomic E-state index is 12.9. The number of Topliss-reactive ketones (excluding diaryl/α,β-unsaturated/α-hetero) is 1. The largest absolute Gasteiger partial charge is 0.544 e. The topological polar surface area (TPSA) is 44.8 Å². The second-order valence-corrected chi connectivity index (χ2v) is 18.9. The lowest BCUT2D eigenvalue weighted by atomic mass is 9.97. The molecule has 1 aromatic rings. The average Bonchev–Trinajstić information content (AvgIpc) is 2.85. The summed E-state index contributed by atoms with van der Waals surface area (Å²) in [6.45, 7) is 17.6. The highest BCUT2D eigenvalue weighted by Gasteiger charge is 2.39. The van der Waals surface area contributed by atoms with Crippen molar-refractivity contribution in [2.45, 2.75) is 180 Å². The van der Waals surface area contributed by atoms with Crippen LogP contribution in [0.4, 0.5) is 0 Å². The van der Waals surface area contributed by atoms with E-state index in [1.807, 2.05) is 13.8 Å². The summed E-state index contributed by atoms with van der Waals surface area (Å²) in [6.07, 6.45) is 18.7. The lowest BCUT2D eigenvalue weighted by Crippen LogP contribution is -2.45. The van der Waals surface area contributed by atoms with Crippen LogP contribution >= 0.6 is 0 Å². The van der Waals surface area contributed by atoms with Gasteiger partial charge < -0.3 is 13.9 Å². The zero-order chi connectivity index (χ0) is 29.7. The normalized spacial score (nSPS) is 19.5. The molecule has 0 unspecified atom stereocenters. The molecule has 0 aliphatic carbocycles. The van der Waals surface area contributed by atoms with Crippen molar-refractivity contribution in [3.8, 4) is 5.75 Å². The second kappa shape index (κ2) is 17.1. The van der Waals surface area contributed by atoms with Gasteiger partial charge in [0.05, 0.1) is 12.2 Å². The van der Waals surface area contributed by atoms with Crippen LogP contribution < -0.4 is 4.43 Å². The highest BCUT2D eigenvalue weighted by Crippen LogP contribution is 2.37. The van der Waals surface area contributed by atoms with Gasteiger partial charge in [0.25, 0.3) is 0 Å². The first-order chi connectivity index (χ1) is 18.8. The molecular weight excluding hydrogens is 512 g/mol. The monoisotopic (exact) mass is 574 g/mol. The van der Waals surface area contributed by atoms with Crippen molar-refractivity contribution >= 4 is 14.1 Å². The molecule has 1 heterocycles. The first-order valence-electron chi connectivity index (χ1n) is 16.5. The Kier molecular flexibility index (Phi) is 14.9. The Bertz CT molecular complexity index is 840. The second-order valence-electron chi connectivity index (χ2n) is 14.2. The minimum Gasteiger partial charge on any atom is -0.544 e. The molecule has 5 heteroatoms. The summed E-state index contributed by atoms with van der Waals surface area (Å²) in [4.78, 5) is 12.9. The zero-order valence-corrected chi connectivity index (χ0v) is 28.4. The number of hydrogen-bond donors (Lipinski definition) is 0. The molecule has 1 aliphatic heterocycles. The highest BCUT2D eigenvalue weighted by molar-refractivity contribution is 6.74. The van der Waals surface area contributed by atoms with Gasteiger partial charge in [0.2, 0.25) is 8.32 Å². The van der Waals surface area contributed by atoms with Crippen molar-refractivity contribution in [2.24, 2.45) is 0 Å². The van der Waals surface area contributed by atoms with E-state index in [9.17, 15) is 4.79 Å². The van der Waals surface area contributed by atoms with E-state index in [-0.39, 0.29) is 23.0 Å². The third-order valence-electron chi connectivity index (χ3n) is 8.81. The predicted octanol–water partition coefficient (Wildman–Crippen LogP) is 10.6. The van der Waals surface area contributed by atoms with E-state index < -0.39 is 14.1 Å². The molecule has 2 rings (SSSR count). The summed E-state index contributed by atoms with van der Waals surface area (Å²) in [6, 6.07) is 8.33. The van der Waals surface area contributed by atoms with Crippen LogP contribution in [0, 0.1) is 0 Å². The number of unbranched alkanes of at least 4 members (excludes halogenated alkanes) is 10. The number of rotatable bonds is 19. The van der Waals surface area contributed by atoms with E-state index in [0.717, 1.165) is 25.0 Å². The maximum Gasteiger partial charge on any atom is 0.250 e. The number of benzene rings is 1. The summed E-state index contributed by atoms with van der Waals surface area (Å²) in [5.74, 6) is 0.590. The summed E-state index contributed by atoms with van der Waals surface area (Å²) >= 11 is 0. The first-order valence-corrected chi connectivity index (χ1v) is 19.4. The predicted molar refractivity (Wildman–Crippen MR) is 172 cm³/mol. The van der Waals surface area contributed by atoms with E-state index in [4.69, 9.17) is 13.9 Å². The fraction of sp³-hybridized carbons (Fsp3) is 0.800. The van der Waals surface area contributed by atoms with E-state index >= 15 is 0 Å². The molecule has 0 spiro atoms. The van der Waals surface area contributed by atoms with Crippen LogP contribution in [0.25, 0.3) is 0 Å². The molecule has 40 heavy (non-hydrogen) atoms. The molecule has 1 aliphatic rings. The lowest BCUT2D eigenvalue weighted by molar-refractivity contribution is -0.300. The van der Waals surface area contributed by atoms with Gasteiger partial charge in [-0.2, -0.15) is 0 Å². The van der Waals surface area contributed by atoms with Crippen LogP contribution in [-0.2, 0) is 20.7 Å². The fourth-order valence-electron chi connectivity index (χ4n) is 5.37. The minimum atomic E-state index is -1.84. The summed E-state index contributed by atoms with van der Waals surface area (Å²) in [5.41, 5.74) is 1.18. The van der Waals surface area contributed by atoms with Gasteiger partial charge in [-0.15, -0.1) is 0 Å². The van der Waals surface area contributed by atoms with Crippen LogP contribution in [0.1, 0.15) is 143 Å². The molecule has 0 N–H and O–H groups in total. The van der Waals surface area contributed by atoms with Gasteiger partial charge in [0.1, 0.15) is 11.5 Å². The molecule has 0 bridgehead atoms. The molecule has 2 atom stereocenters. The van der Waals surface area contributed by atoms with Gasteiger partial charge in [0, 0.05) is 19.3 Å². The van der Waals surface area contributed by atoms with Gasteiger partial charge >= 0.3 is 0 Å². The van der Waals surface area contributed by atoms with E-state index in [1.54, 1.807) is 0 Å². The summed E-state index contributed by atoms with van der Waals surface area (Å²) in [7, 11) is -1.84. The highest BCUT2D eigenvalue weighted by atomic mass is 28.4. The van der Waals surface area contributed by atoms with E-state index in [1.165, 1.54) is 76.2 Å². The van der Waals surface area contributed by atoms with Crippen molar-refractivity contribution in [2.75, 3.05) is 0 Å². The number of ether oxygens (including phenoxy) is 2. The third kappa shape index (κ3) is 13.7. The van der Waals surface area contributed by atoms with E-state index in [0.29, 0.717) is 12.8 Å². The van der Waals surface area contributed by atoms with Gasteiger partial charge in [-0.25, -0.2) is 0 Å². The number of hydrogen-bond acceptors (Lipinski definition) is 4. The van der Waals surface area contributed by atoms with Crippen molar-refractivity contribution in [1.29, 1.82) is 0 Å². The van der Waals surface area contributed by atoms with Gasteiger partial charge in [-0.1, -0.05) is 110 Å². The molecular formula is C35H62O4Si. The van der Waals surface area contributed by atoms with E-state index in [2.05, 4.69) is 65.1 Å². The molecule has 0 amide bonds. The van der Waals surface area contributed by atoms with Gasteiger partial charge in [-0.3, -0.25) is 4.79 Å². The van der Waals surface area contributed by atoms with Crippen LogP contribution in [0.2, 0.25) is 18.1 Å². The molecule has 1 aromatic carbocycles. The van der Waals surface area contributed by atoms with Gasteiger partial charge in [0.15, 0.2) is 5.79 Å². The first kappa shape index (κ1) is 35.0. The Morgan fingerprint density at radius 3 is 1.95 bits per heavy atom. The quantitative estimate of drug-likeness (QED) is 0.122. The maximum atomic E-state index is 12.9. The Morgan fingerprint density at radius 1 is 0.875 bits per heavy atom. The lowest BCUT2D eigenvalue weighted by Gasteiger charge is -2.41. The zero-order valence-electron chi connectivity index (χ0n) is 27.4. The number of carbonyl (C=O) groups excluding carboxylic acids is 1. The molecule has 1 saturated heterocycles. The Morgan fingerprint density at radius 2 is 1.40 bits per heavy atom. The Balaban J connectivity index is 1.67.